The molecular formula is C48H29NOS2. The van der Waals surface area contributed by atoms with Gasteiger partial charge in [-0.1, -0.05) is 121 Å². The largest absolute Gasteiger partial charge is 0.456 e. The summed E-state index contributed by atoms with van der Waals surface area (Å²) in [7, 11) is 0. The molecule has 0 unspecified atom stereocenters. The summed E-state index contributed by atoms with van der Waals surface area (Å²) in [4.78, 5) is 2.39. The van der Waals surface area contributed by atoms with Crippen molar-refractivity contribution in [3.05, 3.63) is 176 Å². The van der Waals surface area contributed by atoms with Gasteiger partial charge in [-0.25, -0.2) is 0 Å². The van der Waals surface area contributed by atoms with Gasteiger partial charge in [0.1, 0.15) is 11.2 Å². The maximum Gasteiger partial charge on any atom is 0.137 e. The molecule has 0 aliphatic rings. The Kier molecular flexibility index (Phi) is 6.63. The van der Waals surface area contributed by atoms with E-state index in [2.05, 4.69) is 169 Å². The van der Waals surface area contributed by atoms with E-state index >= 15 is 0 Å². The lowest BCUT2D eigenvalue weighted by molar-refractivity contribution is 0.669. The van der Waals surface area contributed by atoms with Crippen LogP contribution in [0.5, 0.6) is 0 Å². The van der Waals surface area contributed by atoms with E-state index < -0.39 is 0 Å². The first-order chi connectivity index (χ1) is 25.8. The Morgan fingerprint density at radius 2 is 1.02 bits per heavy atom. The van der Waals surface area contributed by atoms with Gasteiger partial charge in [0.2, 0.25) is 0 Å². The number of thiophene rings is 2. The zero-order valence-electron chi connectivity index (χ0n) is 27.9. The molecule has 3 heterocycles. The van der Waals surface area contributed by atoms with Gasteiger partial charge in [-0.3, -0.25) is 0 Å². The van der Waals surface area contributed by atoms with E-state index in [1.165, 1.54) is 62.6 Å². The number of rotatable bonds is 5. The second-order valence-corrected chi connectivity index (χ2v) is 15.4. The zero-order valence-corrected chi connectivity index (χ0v) is 29.5. The average molecular weight is 700 g/mol. The van der Waals surface area contributed by atoms with E-state index in [-0.39, 0.29) is 0 Å². The molecule has 3 aromatic heterocycles. The van der Waals surface area contributed by atoms with Gasteiger partial charge in [0, 0.05) is 63.9 Å². The molecule has 0 N–H and O–H groups in total. The molecule has 0 saturated heterocycles. The lowest BCUT2D eigenvalue weighted by Gasteiger charge is -2.26. The molecule has 0 spiro atoms. The van der Waals surface area contributed by atoms with Gasteiger partial charge < -0.3 is 9.32 Å². The van der Waals surface area contributed by atoms with Gasteiger partial charge in [0.25, 0.3) is 0 Å². The van der Waals surface area contributed by atoms with Crippen LogP contribution < -0.4 is 4.90 Å². The van der Waals surface area contributed by atoms with Crippen LogP contribution in [0.3, 0.4) is 0 Å². The summed E-state index contributed by atoms with van der Waals surface area (Å²) in [5, 5.41) is 7.45. The molecule has 0 saturated carbocycles. The number of hydrogen-bond donors (Lipinski definition) is 0. The highest BCUT2D eigenvalue weighted by Gasteiger charge is 2.21. The number of hydrogen-bond acceptors (Lipinski definition) is 4. The minimum absolute atomic E-state index is 0.881. The van der Waals surface area contributed by atoms with E-state index in [4.69, 9.17) is 4.42 Å². The first kappa shape index (κ1) is 29.5. The maximum atomic E-state index is 6.43. The Morgan fingerprint density at radius 3 is 1.90 bits per heavy atom. The summed E-state index contributed by atoms with van der Waals surface area (Å²) in [6.45, 7) is 0. The van der Waals surface area contributed by atoms with Gasteiger partial charge in [0.05, 0.1) is 10.4 Å². The van der Waals surface area contributed by atoms with Crippen LogP contribution in [-0.2, 0) is 0 Å². The van der Waals surface area contributed by atoms with Crippen molar-refractivity contribution in [3.8, 4) is 22.3 Å². The molecule has 0 amide bonds. The number of nitrogens with zero attached hydrogens (tertiary/aromatic N) is 1. The van der Waals surface area contributed by atoms with Crippen molar-refractivity contribution >= 4 is 102 Å². The molecule has 0 fully saturated rings. The third-order valence-corrected chi connectivity index (χ3v) is 12.7. The lowest BCUT2D eigenvalue weighted by Crippen LogP contribution is -2.10. The highest BCUT2D eigenvalue weighted by Crippen LogP contribution is 2.48. The fourth-order valence-electron chi connectivity index (χ4n) is 7.82. The second-order valence-electron chi connectivity index (χ2n) is 13.3. The minimum atomic E-state index is 0.881. The smallest absolute Gasteiger partial charge is 0.137 e. The Balaban J connectivity index is 1.09. The molecule has 2 nitrogen and oxygen atoms in total. The monoisotopic (exact) mass is 699 g/mol. The summed E-state index contributed by atoms with van der Waals surface area (Å²) < 4.78 is 11.6. The third-order valence-electron chi connectivity index (χ3n) is 10.3. The number of para-hydroxylation sites is 1. The number of benzene rings is 8. The van der Waals surface area contributed by atoms with Crippen LogP contribution in [0.15, 0.2) is 180 Å². The molecule has 0 bridgehead atoms. The van der Waals surface area contributed by atoms with E-state index in [0.717, 1.165) is 39.0 Å². The highest BCUT2D eigenvalue weighted by molar-refractivity contribution is 7.27. The predicted octanol–water partition coefficient (Wildman–Crippen LogP) is 15.1. The van der Waals surface area contributed by atoms with Crippen molar-refractivity contribution in [1.29, 1.82) is 0 Å². The van der Waals surface area contributed by atoms with E-state index in [1.807, 2.05) is 34.8 Å². The fourth-order valence-corrected chi connectivity index (χ4v) is 10.3. The first-order valence-electron chi connectivity index (χ1n) is 17.5. The molecule has 244 valence electrons. The van der Waals surface area contributed by atoms with Crippen molar-refractivity contribution in [1.82, 2.24) is 0 Å². The summed E-state index contributed by atoms with van der Waals surface area (Å²) in [5.41, 5.74) is 10.00. The first-order valence-corrected chi connectivity index (χ1v) is 19.1. The Hall–Kier alpha value is -6.20. The van der Waals surface area contributed by atoms with Gasteiger partial charge in [0.15, 0.2) is 0 Å². The molecule has 0 radical (unpaired) electrons. The second kappa shape index (κ2) is 11.7. The van der Waals surface area contributed by atoms with Crippen LogP contribution in [0.1, 0.15) is 0 Å². The van der Waals surface area contributed by atoms with E-state index in [0.29, 0.717) is 0 Å². The summed E-state index contributed by atoms with van der Waals surface area (Å²) in [6, 6.07) is 63.6. The van der Waals surface area contributed by atoms with Crippen molar-refractivity contribution in [2.24, 2.45) is 0 Å². The molecule has 0 aliphatic carbocycles. The SMILES string of the molecule is c1ccc(-c2cccc3c2sc2c(N(c4ccc(-c5ccc6c(c5)sc5ccccc56)cc4)c4ccc5c(c4)oc4ccccc45)cccc23)cc1. The number of fused-ring (bicyclic) bond motifs is 9. The van der Waals surface area contributed by atoms with Crippen LogP contribution >= 0.6 is 22.7 Å². The van der Waals surface area contributed by atoms with E-state index in [1.54, 1.807) is 0 Å². The molecule has 4 heteroatoms. The molecule has 0 atom stereocenters. The van der Waals surface area contributed by atoms with Crippen molar-refractivity contribution < 1.29 is 4.42 Å². The van der Waals surface area contributed by atoms with Gasteiger partial charge >= 0.3 is 0 Å². The third kappa shape index (κ3) is 4.62. The normalized spacial score (nSPS) is 11.8. The Labute approximate surface area is 308 Å². The zero-order chi connectivity index (χ0) is 34.2. The highest BCUT2D eigenvalue weighted by atomic mass is 32.1. The average Bonchev–Trinajstić information content (AvgIpc) is 3.90. The minimum Gasteiger partial charge on any atom is -0.456 e. The summed E-state index contributed by atoms with van der Waals surface area (Å²) >= 11 is 3.74. The van der Waals surface area contributed by atoms with Crippen LogP contribution in [0.4, 0.5) is 17.1 Å². The molecule has 8 aromatic carbocycles. The van der Waals surface area contributed by atoms with Crippen LogP contribution in [0.25, 0.3) is 84.5 Å². The topological polar surface area (TPSA) is 16.4 Å². The van der Waals surface area contributed by atoms with Gasteiger partial charge in [-0.15, -0.1) is 22.7 Å². The predicted molar refractivity (Wildman–Crippen MR) is 225 cm³/mol. The Bertz CT molecular complexity index is 3130. The van der Waals surface area contributed by atoms with Crippen LogP contribution in [-0.4, -0.2) is 0 Å². The van der Waals surface area contributed by atoms with E-state index in [9.17, 15) is 0 Å². The molecule has 11 aromatic rings. The number of anilines is 3. The van der Waals surface area contributed by atoms with Gasteiger partial charge in [-0.05, 0) is 70.8 Å². The molecule has 11 rings (SSSR count). The molecular weight excluding hydrogens is 671 g/mol. The fraction of sp³-hybridized carbons (Fsp3) is 0. The molecule has 52 heavy (non-hydrogen) atoms. The standard InChI is InChI=1S/C48H29NOS2/c1-2-10-31(11-3-1)35-14-8-15-40-41-16-9-17-42(48(41)52-47(35)40)49(34-25-27-37-36-12-4-6-18-43(36)50-44(37)29-34)33-23-20-30(21-24-33)32-22-26-39-38-13-5-7-19-45(38)51-46(39)28-32/h1-29H. The lowest BCUT2D eigenvalue weighted by atomic mass is 10.0. The van der Waals surface area contributed by atoms with Crippen LogP contribution in [0, 0.1) is 0 Å². The van der Waals surface area contributed by atoms with Crippen molar-refractivity contribution in [2.45, 2.75) is 0 Å². The van der Waals surface area contributed by atoms with Crippen LogP contribution in [0.2, 0.25) is 0 Å². The quantitative estimate of drug-likeness (QED) is 0.178. The summed E-state index contributed by atoms with van der Waals surface area (Å²) in [6.07, 6.45) is 0. The van der Waals surface area contributed by atoms with Gasteiger partial charge in [-0.2, -0.15) is 0 Å². The Morgan fingerprint density at radius 1 is 0.365 bits per heavy atom. The number of furan rings is 1. The molecule has 0 aliphatic heterocycles. The summed E-state index contributed by atoms with van der Waals surface area (Å²) in [5.74, 6) is 0. The maximum absolute atomic E-state index is 6.43. The van der Waals surface area contributed by atoms with Crippen molar-refractivity contribution in [2.75, 3.05) is 4.90 Å². The van der Waals surface area contributed by atoms with Crippen molar-refractivity contribution in [3.63, 3.8) is 0 Å².